The van der Waals surface area contributed by atoms with Crippen LogP contribution >= 0.6 is 11.3 Å². The molecule has 1 aliphatic rings. The third-order valence-corrected chi connectivity index (χ3v) is 5.54. The van der Waals surface area contributed by atoms with Gasteiger partial charge in [-0.1, -0.05) is 11.6 Å². The molecule has 0 aliphatic heterocycles. The molecular weight excluding hydrogens is 332 g/mol. The number of rotatable bonds is 8. The molecule has 0 saturated heterocycles. The van der Waals surface area contributed by atoms with Gasteiger partial charge in [-0.05, 0) is 56.8 Å². The van der Waals surface area contributed by atoms with Crippen LogP contribution < -0.4 is 14.8 Å². The Kier molecular flexibility index (Phi) is 6.48. The quantitative estimate of drug-likeness (QED) is 0.543. The predicted molar refractivity (Wildman–Crippen MR) is 104 cm³/mol. The van der Waals surface area contributed by atoms with Gasteiger partial charge in [0.2, 0.25) is 0 Å². The highest BCUT2D eigenvalue weighted by Crippen LogP contribution is 2.36. The van der Waals surface area contributed by atoms with Crippen molar-refractivity contribution in [2.45, 2.75) is 38.6 Å². The van der Waals surface area contributed by atoms with E-state index in [0.29, 0.717) is 0 Å². The molecule has 0 spiro atoms. The van der Waals surface area contributed by atoms with E-state index < -0.39 is 0 Å². The van der Waals surface area contributed by atoms with Crippen molar-refractivity contribution < 1.29 is 9.47 Å². The molecule has 1 aromatic heterocycles. The molecule has 1 aliphatic carbocycles. The van der Waals surface area contributed by atoms with Gasteiger partial charge in [-0.3, -0.25) is 0 Å². The number of allylic oxidation sites excluding steroid dienone is 1. The SMILES string of the molecule is COc1ccc(OC)c(-c2cnc(CNCCC3=CCCCC3)s2)c1. The van der Waals surface area contributed by atoms with Gasteiger partial charge in [0.05, 0.1) is 19.1 Å². The highest BCUT2D eigenvalue weighted by molar-refractivity contribution is 7.15. The van der Waals surface area contributed by atoms with Crippen LogP contribution in [0.3, 0.4) is 0 Å². The number of hydrogen-bond donors (Lipinski definition) is 1. The number of methoxy groups -OCH3 is 2. The minimum Gasteiger partial charge on any atom is -0.497 e. The van der Waals surface area contributed by atoms with Crippen LogP contribution in [0.2, 0.25) is 0 Å². The van der Waals surface area contributed by atoms with E-state index in [1.807, 2.05) is 24.4 Å². The first-order chi connectivity index (χ1) is 12.3. The third-order valence-electron chi connectivity index (χ3n) is 4.51. The predicted octanol–water partition coefficient (Wildman–Crippen LogP) is 4.81. The molecule has 0 unspecified atom stereocenters. The van der Waals surface area contributed by atoms with E-state index in [1.165, 1.54) is 25.7 Å². The number of aromatic nitrogens is 1. The first kappa shape index (κ1) is 18.0. The molecule has 1 N–H and O–H groups in total. The molecule has 3 rings (SSSR count). The van der Waals surface area contributed by atoms with E-state index >= 15 is 0 Å². The van der Waals surface area contributed by atoms with Crippen LogP contribution in [-0.2, 0) is 6.54 Å². The normalized spacial score (nSPS) is 14.2. The molecule has 2 aromatic rings. The summed E-state index contributed by atoms with van der Waals surface area (Å²) >= 11 is 1.70. The minimum absolute atomic E-state index is 0.810. The van der Waals surface area contributed by atoms with Gasteiger partial charge in [0.25, 0.3) is 0 Å². The number of nitrogens with one attached hydrogen (secondary N) is 1. The van der Waals surface area contributed by atoms with E-state index in [4.69, 9.17) is 9.47 Å². The molecular formula is C20H26N2O2S. The smallest absolute Gasteiger partial charge is 0.127 e. The Balaban J connectivity index is 1.58. The van der Waals surface area contributed by atoms with E-state index in [0.717, 1.165) is 46.5 Å². The van der Waals surface area contributed by atoms with E-state index in [1.54, 1.807) is 31.1 Å². The fraction of sp³-hybridized carbons (Fsp3) is 0.450. The molecule has 1 heterocycles. The lowest BCUT2D eigenvalue weighted by Gasteiger charge is -2.12. The van der Waals surface area contributed by atoms with Gasteiger partial charge in [-0.2, -0.15) is 0 Å². The largest absolute Gasteiger partial charge is 0.497 e. The van der Waals surface area contributed by atoms with Crippen LogP contribution in [0.4, 0.5) is 0 Å². The van der Waals surface area contributed by atoms with Gasteiger partial charge >= 0.3 is 0 Å². The lowest BCUT2D eigenvalue weighted by atomic mass is 9.97. The molecule has 0 saturated carbocycles. The summed E-state index contributed by atoms with van der Waals surface area (Å²) in [5.41, 5.74) is 2.64. The summed E-state index contributed by atoms with van der Waals surface area (Å²) in [6, 6.07) is 5.84. The third kappa shape index (κ3) is 4.83. The first-order valence-corrected chi connectivity index (χ1v) is 9.67. The van der Waals surface area contributed by atoms with Gasteiger partial charge in [0.15, 0.2) is 0 Å². The zero-order valence-corrected chi connectivity index (χ0v) is 15.8. The minimum atomic E-state index is 0.810. The molecule has 0 fully saturated rings. The topological polar surface area (TPSA) is 43.4 Å². The van der Waals surface area contributed by atoms with Crippen LogP contribution in [0.25, 0.3) is 10.4 Å². The average molecular weight is 359 g/mol. The van der Waals surface area contributed by atoms with Crippen LogP contribution in [0.1, 0.15) is 37.1 Å². The van der Waals surface area contributed by atoms with Crippen molar-refractivity contribution in [2.24, 2.45) is 0 Å². The molecule has 1 aromatic carbocycles. The lowest BCUT2D eigenvalue weighted by Crippen LogP contribution is -2.15. The summed E-state index contributed by atoms with van der Waals surface area (Å²) < 4.78 is 10.8. The van der Waals surface area contributed by atoms with Crippen LogP contribution in [0, 0.1) is 0 Å². The fourth-order valence-electron chi connectivity index (χ4n) is 3.10. The van der Waals surface area contributed by atoms with Gasteiger partial charge in [-0.25, -0.2) is 4.98 Å². The Morgan fingerprint density at radius 1 is 1.20 bits per heavy atom. The van der Waals surface area contributed by atoms with Crippen LogP contribution in [0.5, 0.6) is 11.5 Å². The summed E-state index contributed by atoms with van der Waals surface area (Å²) in [5.74, 6) is 1.66. The van der Waals surface area contributed by atoms with E-state index in [9.17, 15) is 0 Å². The second kappa shape index (κ2) is 9.02. The number of thiazole rings is 1. The van der Waals surface area contributed by atoms with Crippen molar-refractivity contribution in [1.29, 1.82) is 0 Å². The number of ether oxygens (including phenoxy) is 2. The lowest BCUT2D eigenvalue weighted by molar-refractivity contribution is 0.404. The Hall–Kier alpha value is -1.85. The van der Waals surface area contributed by atoms with Crippen molar-refractivity contribution in [3.05, 3.63) is 41.1 Å². The Morgan fingerprint density at radius 3 is 2.88 bits per heavy atom. The van der Waals surface area contributed by atoms with Gasteiger partial charge in [-0.15, -0.1) is 11.3 Å². The summed E-state index contributed by atoms with van der Waals surface area (Å²) in [6.07, 6.45) is 10.7. The molecule has 25 heavy (non-hydrogen) atoms. The van der Waals surface area contributed by atoms with Crippen molar-refractivity contribution in [1.82, 2.24) is 10.3 Å². The maximum absolute atomic E-state index is 5.48. The van der Waals surface area contributed by atoms with Crippen molar-refractivity contribution in [3.8, 4) is 21.9 Å². The molecule has 4 nitrogen and oxygen atoms in total. The fourth-order valence-corrected chi connectivity index (χ4v) is 4.01. The van der Waals surface area contributed by atoms with Crippen molar-refractivity contribution >= 4 is 11.3 Å². The maximum Gasteiger partial charge on any atom is 0.127 e. The molecule has 5 heteroatoms. The van der Waals surface area contributed by atoms with Crippen molar-refractivity contribution in [3.63, 3.8) is 0 Å². The Bertz CT molecular complexity index is 724. The van der Waals surface area contributed by atoms with E-state index in [-0.39, 0.29) is 0 Å². The highest BCUT2D eigenvalue weighted by Gasteiger charge is 2.11. The van der Waals surface area contributed by atoms with Gasteiger partial charge < -0.3 is 14.8 Å². The average Bonchev–Trinajstić information content (AvgIpc) is 3.14. The summed E-state index contributed by atoms with van der Waals surface area (Å²) in [6.45, 7) is 1.83. The summed E-state index contributed by atoms with van der Waals surface area (Å²) in [5, 5.41) is 4.61. The molecule has 0 atom stereocenters. The van der Waals surface area contributed by atoms with Crippen LogP contribution in [0.15, 0.2) is 36.0 Å². The van der Waals surface area contributed by atoms with Crippen LogP contribution in [-0.4, -0.2) is 25.7 Å². The summed E-state index contributed by atoms with van der Waals surface area (Å²) in [7, 11) is 3.37. The number of benzene rings is 1. The highest BCUT2D eigenvalue weighted by atomic mass is 32.1. The Morgan fingerprint density at radius 2 is 2.12 bits per heavy atom. The zero-order valence-electron chi connectivity index (χ0n) is 15.0. The molecule has 0 radical (unpaired) electrons. The molecule has 0 bridgehead atoms. The Labute approximate surface area is 153 Å². The number of nitrogens with zero attached hydrogens (tertiary/aromatic N) is 1. The number of hydrogen-bond acceptors (Lipinski definition) is 5. The second-order valence-electron chi connectivity index (χ2n) is 6.22. The molecule has 0 amide bonds. The van der Waals surface area contributed by atoms with Gasteiger partial charge in [0.1, 0.15) is 16.5 Å². The summed E-state index contributed by atoms with van der Waals surface area (Å²) in [4.78, 5) is 5.65. The van der Waals surface area contributed by atoms with Crippen molar-refractivity contribution in [2.75, 3.05) is 20.8 Å². The first-order valence-electron chi connectivity index (χ1n) is 8.86. The van der Waals surface area contributed by atoms with E-state index in [2.05, 4.69) is 16.4 Å². The maximum atomic E-state index is 5.48. The second-order valence-corrected chi connectivity index (χ2v) is 7.33. The zero-order chi connectivity index (χ0) is 17.5. The monoisotopic (exact) mass is 358 g/mol. The molecule has 134 valence electrons. The standard InChI is InChI=1S/C20H26N2O2S/c1-23-16-8-9-18(24-2)17(12-16)19-13-22-20(25-19)14-21-11-10-15-6-4-3-5-7-15/h6,8-9,12-13,21H,3-5,7,10-11,14H2,1-2H3. The van der Waals surface area contributed by atoms with Gasteiger partial charge in [0, 0.05) is 18.3 Å².